The SMILES string of the molecule is CC(NC(=O)c1ccccc1OCc1ccccc1Br)c1ccccn1. The van der Waals surface area contributed by atoms with Crippen molar-refractivity contribution >= 4 is 21.8 Å². The number of nitrogens with zero attached hydrogens (tertiary/aromatic N) is 1. The number of rotatable bonds is 6. The van der Waals surface area contributed by atoms with Crippen LogP contribution in [0.4, 0.5) is 0 Å². The van der Waals surface area contributed by atoms with Crippen LogP contribution in [-0.4, -0.2) is 10.9 Å². The number of amides is 1. The van der Waals surface area contributed by atoms with Gasteiger partial charge < -0.3 is 10.1 Å². The molecule has 0 saturated heterocycles. The van der Waals surface area contributed by atoms with Crippen molar-refractivity contribution in [3.8, 4) is 5.75 Å². The number of ether oxygens (including phenoxy) is 1. The van der Waals surface area contributed by atoms with Gasteiger partial charge in [-0.05, 0) is 37.3 Å². The number of hydrogen-bond donors (Lipinski definition) is 1. The van der Waals surface area contributed by atoms with Gasteiger partial charge in [0.2, 0.25) is 0 Å². The van der Waals surface area contributed by atoms with Crippen LogP contribution in [0.3, 0.4) is 0 Å². The van der Waals surface area contributed by atoms with Gasteiger partial charge in [0.05, 0.1) is 17.3 Å². The van der Waals surface area contributed by atoms with Gasteiger partial charge in [-0.1, -0.05) is 52.3 Å². The molecular weight excluding hydrogens is 392 g/mol. The molecule has 3 rings (SSSR count). The van der Waals surface area contributed by atoms with E-state index in [4.69, 9.17) is 4.74 Å². The van der Waals surface area contributed by atoms with Crippen molar-refractivity contribution in [2.45, 2.75) is 19.6 Å². The van der Waals surface area contributed by atoms with E-state index in [1.165, 1.54) is 0 Å². The number of carbonyl (C=O) groups excluding carboxylic acids is 1. The van der Waals surface area contributed by atoms with Crippen LogP contribution < -0.4 is 10.1 Å². The second-order valence-electron chi connectivity index (χ2n) is 5.83. The molecule has 0 fully saturated rings. The first-order valence-electron chi connectivity index (χ1n) is 8.32. The maximum absolute atomic E-state index is 12.7. The zero-order valence-corrected chi connectivity index (χ0v) is 15.9. The van der Waals surface area contributed by atoms with E-state index >= 15 is 0 Å². The monoisotopic (exact) mass is 410 g/mol. The summed E-state index contributed by atoms with van der Waals surface area (Å²) in [6.07, 6.45) is 1.72. The smallest absolute Gasteiger partial charge is 0.255 e. The number of nitrogens with one attached hydrogen (secondary N) is 1. The van der Waals surface area contributed by atoms with Crippen molar-refractivity contribution in [3.63, 3.8) is 0 Å². The quantitative estimate of drug-likeness (QED) is 0.627. The molecule has 1 N–H and O–H groups in total. The molecule has 0 spiro atoms. The Morgan fingerprint density at radius 1 is 1.08 bits per heavy atom. The first kappa shape index (κ1) is 18.1. The van der Waals surface area contributed by atoms with E-state index in [0.29, 0.717) is 17.9 Å². The second kappa shape index (κ2) is 8.63. The van der Waals surface area contributed by atoms with Crippen LogP contribution in [0, 0.1) is 0 Å². The van der Waals surface area contributed by atoms with E-state index < -0.39 is 0 Å². The molecule has 1 heterocycles. The summed E-state index contributed by atoms with van der Waals surface area (Å²) >= 11 is 3.51. The molecule has 0 aliphatic heterocycles. The van der Waals surface area contributed by atoms with Gasteiger partial charge in [0.25, 0.3) is 5.91 Å². The Labute approximate surface area is 161 Å². The van der Waals surface area contributed by atoms with E-state index in [1.807, 2.05) is 61.5 Å². The minimum Gasteiger partial charge on any atom is -0.488 e. The van der Waals surface area contributed by atoms with Crippen LogP contribution in [-0.2, 0) is 6.61 Å². The van der Waals surface area contributed by atoms with Crippen LogP contribution >= 0.6 is 15.9 Å². The molecule has 1 atom stereocenters. The Balaban J connectivity index is 1.72. The molecule has 26 heavy (non-hydrogen) atoms. The van der Waals surface area contributed by atoms with Gasteiger partial charge in [-0.3, -0.25) is 9.78 Å². The van der Waals surface area contributed by atoms with Gasteiger partial charge in [-0.2, -0.15) is 0 Å². The highest BCUT2D eigenvalue weighted by Gasteiger charge is 2.16. The zero-order chi connectivity index (χ0) is 18.4. The van der Waals surface area contributed by atoms with Gasteiger partial charge in [0, 0.05) is 16.2 Å². The number of para-hydroxylation sites is 1. The van der Waals surface area contributed by atoms with E-state index in [1.54, 1.807) is 18.3 Å². The number of aromatic nitrogens is 1. The number of halogens is 1. The minimum absolute atomic E-state index is 0.189. The summed E-state index contributed by atoms with van der Waals surface area (Å²) in [7, 11) is 0. The van der Waals surface area contributed by atoms with Crippen molar-refractivity contribution in [1.82, 2.24) is 10.3 Å². The van der Waals surface area contributed by atoms with Crippen molar-refractivity contribution in [3.05, 3.63) is 94.2 Å². The maximum Gasteiger partial charge on any atom is 0.255 e. The molecule has 0 aliphatic rings. The van der Waals surface area contributed by atoms with Gasteiger partial charge in [0.15, 0.2) is 0 Å². The molecule has 5 heteroatoms. The lowest BCUT2D eigenvalue weighted by molar-refractivity contribution is 0.0934. The van der Waals surface area contributed by atoms with Crippen molar-refractivity contribution in [2.75, 3.05) is 0 Å². The Hall–Kier alpha value is -2.66. The molecule has 0 radical (unpaired) electrons. The molecule has 2 aromatic carbocycles. The predicted octanol–water partition coefficient (Wildman–Crippen LogP) is 4.91. The topological polar surface area (TPSA) is 51.2 Å². The lowest BCUT2D eigenvalue weighted by atomic mass is 10.1. The number of benzene rings is 2. The normalized spacial score (nSPS) is 11.6. The average Bonchev–Trinajstić information content (AvgIpc) is 2.68. The van der Waals surface area contributed by atoms with Crippen LogP contribution in [0.15, 0.2) is 77.4 Å². The molecular formula is C21H19BrN2O2. The highest BCUT2D eigenvalue weighted by atomic mass is 79.9. The van der Waals surface area contributed by atoms with Crippen LogP contribution in [0.1, 0.15) is 34.6 Å². The fourth-order valence-electron chi connectivity index (χ4n) is 2.53. The molecule has 1 aromatic heterocycles. The minimum atomic E-state index is -0.194. The average molecular weight is 411 g/mol. The summed E-state index contributed by atoms with van der Waals surface area (Å²) < 4.78 is 6.88. The third-order valence-electron chi connectivity index (χ3n) is 3.95. The van der Waals surface area contributed by atoms with Crippen molar-refractivity contribution in [2.24, 2.45) is 0 Å². The predicted molar refractivity (Wildman–Crippen MR) is 105 cm³/mol. The number of pyridine rings is 1. The Kier molecular flexibility index (Phi) is 6.02. The summed E-state index contributed by atoms with van der Waals surface area (Å²) in [5.74, 6) is 0.361. The third-order valence-corrected chi connectivity index (χ3v) is 4.73. The van der Waals surface area contributed by atoms with Crippen LogP contribution in [0.2, 0.25) is 0 Å². The lowest BCUT2D eigenvalue weighted by Crippen LogP contribution is -2.27. The summed E-state index contributed by atoms with van der Waals surface area (Å²) in [4.78, 5) is 17.0. The van der Waals surface area contributed by atoms with Crippen molar-refractivity contribution in [1.29, 1.82) is 0 Å². The zero-order valence-electron chi connectivity index (χ0n) is 14.4. The third kappa shape index (κ3) is 4.49. The van der Waals surface area contributed by atoms with E-state index in [2.05, 4.69) is 26.2 Å². The first-order valence-corrected chi connectivity index (χ1v) is 9.11. The molecule has 132 valence electrons. The van der Waals surface area contributed by atoms with E-state index in [9.17, 15) is 4.79 Å². The lowest BCUT2D eigenvalue weighted by Gasteiger charge is -2.16. The largest absolute Gasteiger partial charge is 0.488 e. The standard InChI is InChI=1S/C21H19BrN2O2/c1-15(19-11-6-7-13-23-19)24-21(25)17-9-3-5-12-20(17)26-14-16-8-2-4-10-18(16)22/h2-13,15H,14H2,1H3,(H,24,25). The Morgan fingerprint density at radius 2 is 1.81 bits per heavy atom. The summed E-state index contributed by atoms with van der Waals surface area (Å²) in [6.45, 7) is 2.28. The van der Waals surface area contributed by atoms with Crippen LogP contribution in [0.5, 0.6) is 5.75 Å². The second-order valence-corrected chi connectivity index (χ2v) is 6.68. The van der Waals surface area contributed by atoms with Gasteiger partial charge in [-0.25, -0.2) is 0 Å². The molecule has 3 aromatic rings. The number of hydrogen-bond acceptors (Lipinski definition) is 3. The van der Waals surface area contributed by atoms with Crippen LogP contribution in [0.25, 0.3) is 0 Å². The molecule has 1 unspecified atom stereocenters. The highest BCUT2D eigenvalue weighted by molar-refractivity contribution is 9.10. The molecule has 0 bridgehead atoms. The molecule has 1 amide bonds. The van der Waals surface area contributed by atoms with Crippen molar-refractivity contribution < 1.29 is 9.53 Å². The fraction of sp³-hybridized carbons (Fsp3) is 0.143. The number of carbonyl (C=O) groups is 1. The molecule has 0 aliphatic carbocycles. The highest BCUT2D eigenvalue weighted by Crippen LogP contribution is 2.23. The maximum atomic E-state index is 12.7. The van der Waals surface area contributed by atoms with Gasteiger partial charge in [0.1, 0.15) is 12.4 Å². The summed E-state index contributed by atoms with van der Waals surface area (Å²) in [6, 6.07) is 20.5. The Bertz CT molecular complexity index is 884. The first-order chi connectivity index (χ1) is 12.6. The van der Waals surface area contributed by atoms with Gasteiger partial charge >= 0.3 is 0 Å². The summed E-state index contributed by atoms with van der Waals surface area (Å²) in [5.41, 5.74) is 2.33. The molecule has 4 nitrogen and oxygen atoms in total. The fourth-order valence-corrected chi connectivity index (χ4v) is 2.93. The van der Waals surface area contributed by atoms with E-state index in [0.717, 1.165) is 15.7 Å². The molecule has 0 saturated carbocycles. The summed E-state index contributed by atoms with van der Waals surface area (Å²) in [5, 5.41) is 2.97. The Morgan fingerprint density at radius 3 is 2.58 bits per heavy atom. The van der Waals surface area contributed by atoms with E-state index in [-0.39, 0.29) is 11.9 Å². The van der Waals surface area contributed by atoms with Gasteiger partial charge in [-0.15, -0.1) is 0 Å².